The second kappa shape index (κ2) is 7.64. The van der Waals surface area contributed by atoms with Crippen molar-refractivity contribution in [2.24, 2.45) is 0 Å². The molecular weight excluding hydrogens is 270 g/mol. The summed E-state index contributed by atoms with van der Waals surface area (Å²) in [6, 6.07) is 9.43. The summed E-state index contributed by atoms with van der Waals surface area (Å²) in [4.78, 5) is 26.4. The maximum Gasteiger partial charge on any atom is 0.410 e. The molecule has 2 N–H and O–H groups in total. The van der Waals surface area contributed by atoms with Crippen molar-refractivity contribution in [3.63, 3.8) is 0 Å². The van der Waals surface area contributed by atoms with Crippen molar-refractivity contribution in [3.05, 3.63) is 30.3 Å². The highest BCUT2D eigenvalue weighted by molar-refractivity contribution is 5.91. The van der Waals surface area contributed by atoms with Crippen LogP contribution < -0.4 is 10.2 Å². The van der Waals surface area contributed by atoms with Gasteiger partial charge in [-0.25, -0.2) is 4.79 Å². The van der Waals surface area contributed by atoms with Gasteiger partial charge in [-0.2, -0.15) is 0 Å². The van der Waals surface area contributed by atoms with Crippen molar-refractivity contribution in [1.82, 2.24) is 4.90 Å². The van der Waals surface area contributed by atoms with E-state index in [1.165, 1.54) is 4.90 Å². The van der Waals surface area contributed by atoms with E-state index in [9.17, 15) is 9.59 Å². The molecule has 1 aromatic carbocycles. The molecule has 1 aliphatic rings. The number of nitrogens with zero attached hydrogens (tertiary/aromatic N) is 1. The molecule has 1 aromatic rings. The van der Waals surface area contributed by atoms with Gasteiger partial charge in [0.25, 0.3) is 5.91 Å². The van der Waals surface area contributed by atoms with Crippen LogP contribution in [0.15, 0.2) is 30.3 Å². The lowest BCUT2D eigenvalue weighted by atomic mass is 10.3. The van der Waals surface area contributed by atoms with Crippen LogP contribution in [-0.4, -0.2) is 56.2 Å². The lowest BCUT2D eigenvalue weighted by molar-refractivity contribution is -0.895. The summed E-state index contributed by atoms with van der Waals surface area (Å²) in [5.74, 6) is 0.000727. The highest BCUT2D eigenvalue weighted by Crippen LogP contribution is 2.03. The van der Waals surface area contributed by atoms with Gasteiger partial charge in [0.05, 0.1) is 32.8 Å². The Hall–Kier alpha value is -2.08. The zero-order valence-corrected chi connectivity index (χ0v) is 12.3. The van der Waals surface area contributed by atoms with Crippen LogP contribution >= 0.6 is 0 Å². The van der Waals surface area contributed by atoms with Crippen LogP contribution in [0.4, 0.5) is 10.5 Å². The fraction of sp³-hybridized carbons (Fsp3) is 0.467. The SMILES string of the molecule is CCOC(=O)N1CC[NH+](CC(=O)Nc2ccccc2)CC1. The van der Waals surface area contributed by atoms with Crippen LogP contribution in [0.25, 0.3) is 0 Å². The van der Waals surface area contributed by atoms with E-state index >= 15 is 0 Å². The molecule has 21 heavy (non-hydrogen) atoms. The predicted molar refractivity (Wildman–Crippen MR) is 79.2 cm³/mol. The van der Waals surface area contributed by atoms with Gasteiger partial charge in [-0.15, -0.1) is 0 Å². The van der Waals surface area contributed by atoms with Crippen LogP contribution in [0.2, 0.25) is 0 Å². The Morgan fingerprint density at radius 2 is 1.90 bits per heavy atom. The molecule has 0 aliphatic carbocycles. The molecule has 6 heteroatoms. The first kappa shape index (κ1) is 15.3. The average Bonchev–Trinajstić information content (AvgIpc) is 2.49. The Morgan fingerprint density at radius 3 is 2.52 bits per heavy atom. The molecule has 0 unspecified atom stereocenters. The highest BCUT2D eigenvalue weighted by Gasteiger charge is 2.25. The maximum atomic E-state index is 12.0. The van der Waals surface area contributed by atoms with E-state index in [4.69, 9.17) is 4.74 Å². The first-order chi connectivity index (χ1) is 10.2. The third kappa shape index (κ3) is 4.75. The number of carbonyl (C=O) groups excluding carboxylic acids is 2. The Labute approximate surface area is 124 Å². The number of hydrogen-bond donors (Lipinski definition) is 2. The monoisotopic (exact) mass is 292 g/mol. The van der Waals surface area contributed by atoms with E-state index in [0.29, 0.717) is 26.2 Å². The van der Waals surface area contributed by atoms with Crippen LogP contribution in [0.3, 0.4) is 0 Å². The van der Waals surface area contributed by atoms with Crippen LogP contribution in [0.5, 0.6) is 0 Å². The van der Waals surface area contributed by atoms with Crippen molar-refractivity contribution in [2.45, 2.75) is 6.92 Å². The fourth-order valence-electron chi connectivity index (χ4n) is 2.35. The second-order valence-corrected chi connectivity index (χ2v) is 5.03. The normalized spacial score (nSPS) is 15.6. The number of carbonyl (C=O) groups is 2. The third-order valence-corrected chi connectivity index (χ3v) is 3.46. The van der Waals surface area contributed by atoms with Crippen LogP contribution in [0.1, 0.15) is 6.92 Å². The van der Waals surface area contributed by atoms with Gasteiger partial charge in [-0.1, -0.05) is 18.2 Å². The van der Waals surface area contributed by atoms with Crippen LogP contribution in [0, 0.1) is 0 Å². The predicted octanol–water partition coefficient (Wildman–Crippen LogP) is -0.0179. The number of rotatable bonds is 4. The number of piperazine rings is 1. The molecule has 6 nitrogen and oxygen atoms in total. The average molecular weight is 292 g/mol. The van der Waals surface area contributed by atoms with Crippen LogP contribution in [-0.2, 0) is 9.53 Å². The van der Waals surface area contributed by atoms with Gasteiger partial charge < -0.3 is 15.0 Å². The van der Waals surface area contributed by atoms with E-state index in [2.05, 4.69) is 5.32 Å². The molecule has 114 valence electrons. The molecule has 0 bridgehead atoms. The first-order valence-electron chi connectivity index (χ1n) is 7.29. The zero-order valence-electron chi connectivity index (χ0n) is 12.3. The van der Waals surface area contributed by atoms with E-state index < -0.39 is 0 Å². The second-order valence-electron chi connectivity index (χ2n) is 5.03. The molecule has 2 rings (SSSR count). The Bertz CT molecular complexity index is 470. The lowest BCUT2D eigenvalue weighted by Gasteiger charge is -2.31. The summed E-state index contributed by atoms with van der Waals surface area (Å²) >= 11 is 0. The minimum Gasteiger partial charge on any atom is -0.450 e. The number of benzene rings is 1. The third-order valence-electron chi connectivity index (χ3n) is 3.46. The summed E-state index contributed by atoms with van der Waals surface area (Å²) in [6.45, 7) is 5.41. The van der Waals surface area contributed by atoms with Gasteiger partial charge in [0.2, 0.25) is 0 Å². The molecule has 1 fully saturated rings. The quantitative estimate of drug-likeness (QED) is 0.820. The molecule has 0 spiro atoms. The van der Waals surface area contributed by atoms with E-state index in [0.717, 1.165) is 18.8 Å². The van der Waals surface area contributed by atoms with Crippen molar-refractivity contribution >= 4 is 17.7 Å². The highest BCUT2D eigenvalue weighted by atomic mass is 16.6. The number of hydrogen-bond acceptors (Lipinski definition) is 3. The number of para-hydroxylation sites is 1. The Kier molecular flexibility index (Phi) is 5.57. The summed E-state index contributed by atoms with van der Waals surface area (Å²) in [7, 11) is 0. The minimum atomic E-state index is -0.259. The largest absolute Gasteiger partial charge is 0.450 e. The molecule has 1 saturated heterocycles. The van der Waals surface area contributed by atoms with Crippen molar-refractivity contribution < 1.29 is 19.2 Å². The molecule has 0 radical (unpaired) electrons. The smallest absolute Gasteiger partial charge is 0.410 e. The van der Waals surface area contributed by atoms with Gasteiger partial charge in [0.1, 0.15) is 0 Å². The minimum absolute atomic E-state index is 0.000727. The summed E-state index contributed by atoms with van der Waals surface area (Å²) in [6.07, 6.45) is -0.259. The van der Waals surface area contributed by atoms with Crippen molar-refractivity contribution in [3.8, 4) is 0 Å². The number of anilines is 1. The lowest BCUT2D eigenvalue weighted by Crippen LogP contribution is -3.15. The van der Waals surface area contributed by atoms with E-state index in [1.54, 1.807) is 11.8 Å². The van der Waals surface area contributed by atoms with Gasteiger partial charge >= 0.3 is 6.09 Å². The number of amides is 2. The summed E-state index contributed by atoms with van der Waals surface area (Å²) in [5, 5.41) is 2.88. The number of nitrogens with one attached hydrogen (secondary N) is 2. The van der Waals surface area contributed by atoms with E-state index in [-0.39, 0.29) is 12.0 Å². The van der Waals surface area contributed by atoms with E-state index in [1.807, 2.05) is 30.3 Å². The van der Waals surface area contributed by atoms with Gasteiger partial charge in [0.15, 0.2) is 6.54 Å². The van der Waals surface area contributed by atoms with Gasteiger partial charge in [-0.05, 0) is 19.1 Å². The van der Waals surface area contributed by atoms with Crippen molar-refractivity contribution in [1.29, 1.82) is 0 Å². The van der Waals surface area contributed by atoms with Gasteiger partial charge in [0, 0.05) is 5.69 Å². The zero-order chi connectivity index (χ0) is 15.1. The van der Waals surface area contributed by atoms with Gasteiger partial charge in [-0.3, -0.25) is 9.69 Å². The molecule has 0 saturated carbocycles. The molecule has 1 aliphatic heterocycles. The molecule has 1 heterocycles. The molecule has 0 aromatic heterocycles. The Balaban J connectivity index is 1.73. The number of quaternary nitrogens is 1. The Morgan fingerprint density at radius 1 is 1.24 bits per heavy atom. The van der Waals surface area contributed by atoms with Crippen molar-refractivity contribution in [2.75, 3.05) is 44.6 Å². The fourth-order valence-corrected chi connectivity index (χ4v) is 2.35. The first-order valence-corrected chi connectivity index (χ1v) is 7.29. The number of ether oxygens (including phenoxy) is 1. The summed E-state index contributed by atoms with van der Waals surface area (Å²) in [5.41, 5.74) is 0.812. The molecular formula is C15H22N3O3+. The maximum absolute atomic E-state index is 12.0. The standard InChI is InChI=1S/C15H21N3O3/c1-2-21-15(20)18-10-8-17(9-11-18)12-14(19)16-13-6-4-3-5-7-13/h3-7H,2,8-12H2,1H3,(H,16,19)/p+1. The molecule has 0 atom stereocenters. The summed E-state index contributed by atoms with van der Waals surface area (Å²) < 4.78 is 4.98. The molecule has 2 amide bonds. The topological polar surface area (TPSA) is 63.1 Å².